The Kier molecular flexibility index (Phi) is 11.0. The molecule has 2 heterocycles. The van der Waals surface area contributed by atoms with Crippen molar-refractivity contribution in [3.8, 4) is 22.4 Å². The third-order valence-electron chi connectivity index (χ3n) is 8.03. The lowest BCUT2D eigenvalue weighted by molar-refractivity contribution is -0.139. The van der Waals surface area contributed by atoms with Crippen LogP contribution >= 0.6 is 0 Å². The van der Waals surface area contributed by atoms with Crippen LogP contribution in [0.1, 0.15) is 57.6 Å². The standard InChI is InChI=1S/C32H40F2N2O7S/c1-20(2)30-32(44(42,43)35-14-3-4-21(18-35)19-37)29(22-5-9-24(33)10-6-22)31(23-7-11-25(34)12-8-23)36(30)15-13-26(38)16-27(39)17-28(40)41/h5-12,20-21,26-27,37-39H,3-4,13-19H2,1-2H3,(H,40,41). The highest BCUT2D eigenvalue weighted by Crippen LogP contribution is 2.46. The highest BCUT2D eigenvalue weighted by Gasteiger charge is 2.39. The Morgan fingerprint density at radius 2 is 1.57 bits per heavy atom. The number of aliphatic carboxylic acids is 1. The van der Waals surface area contributed by atoms with Crippen LogP contribution in [0.5, 0.6) is 0 Å². The zero-order valence-corrected chi connectivity index (χ0v) is 25.7. The van der Waals surface area contributed by atoms with E-state index in [4.69, 9.17) is 5.11 Å². The smallest absolute Gasteiger partial charge is 0.305 e. The van der Waals surface area contributed by atoms with E-state index in [-0.39, 0.29) is 55.8 Å². The number of aliphatic hydroxyl groups is 3. The summed E-state index contributed by atoms with van der Waals surface area (Å²) in [5.41, 5.74) is 2.12. The fourth-order valence-corrected chi connectivity index (χ4v) is 8.11. The minimum absolute atomic E-state index is 0.0254. The first kappa shape index (κ1) is 33.7. The molecule has 0 radical (unpaired) electrons. The summed E-state index contributed by atoms with van der Waals surface area (Å²) in [4.78, 5) is 11.0. The van der Waals surface area contributed by atoms with E-state index >= 15 is 0 Å². The molecule has 3 aromatic rings. The lowest BCUT2D eigenvalue weighted by Crippen LogP contribution is -2.41. The van der Waals surface area contributed by atoms with Gasteiger partial charge in [-0.1, -0.05) is 26.0 Å². The van der Waals surface area contributed by atoms with Crippen LogP contribution in [0.15, 0.2) is 53.4 Å². The number of aromatic nitrogens is 1. The molecule has 9 nitrogen and oxygen atoms in total. The normalized spacial score (nSPS) is 17.6. The molecule has 0 amide bonds. The lowest BCUT2D eigenvalue weighted by atomic mass is 10.00. The maximum Gasteiger partial charge on any atom is 0.305 e. The number of carboxylic acids is 1. The second-order valence-corrected chi connectivity index (χ2v) is 13.6. The van der Waals surface area contributed by atoms with E-state index in [0.717, 1.165) is 0 Å². The molecule has 4 rings (SSSR count). The van der Waals surface area contributed by atoms with E-state index in [1.807, 2.05) is 13.8 Å². The summed E-state index contributed by atoms with van der Waals surface area (Å²) in [6.45, 7) is 4.01. The Bertz CT molecular complexity index is 1540. The van der Waals surface area contributed by atoms with Gasteiger partial charge in [-0.2, -0.15) is 4.31 Å². The Morgan fingerprint density at radius 3 is 2.11 bits per heavy atom. The van der Waals surface area contributed by atoms with Crippen molar-refractivity contribution in [2.24, 2.45) is 5.92 Å². The SMILES string of the molecule is CC(C)c1c(S(=O)(=O)N2CCCC(CO)C2)c(-c2ccc(F)cc2)c(-c2ccc(F)cc2)n1CCC(O)CC(O)CC(=O)O. The van der Waals surface area contributed by atoms with Crippen LogP contribution in [0, 0.1) is 17.6 Å². The number of sulfonamides is 1. The van der Waals surface area contributed by atoms with Gasteiger partial charge in [-0.25, -0.2) is 17.2 Å². The molecule has 1 aromatic heterocycles. The van der Waals surface area contributed by atoms with Crippen molar-refractivity contribution in [2.75, 3.05) is 19.7 Å². The Labute approximate surface area is 256 Å². The predicted octanol–water partition coefficient (Wildman–Crippen LogP) is 4.59. The maximum atomic E-state index is 14.6. The van der Waals surface area contributed by atoms with Gasteiger partial charge in [0.05, 0.1) is 24.3 Å². The van der Waals surface area contributed by atoms with E-state index < -0.39 is 46.3 Å². The largest absolute Gasteiger partial charge is 0.481 e. The van der Waals surface area contributed by atoms with Crippen molar-refractivity contribution in [2.45, 2.75) is 75.5 Å². The highest BCUT2D eigenvalue weighted by molar-refractivity contribution is 7.89. The first-order valence-electron chi connectivity index (χ1n) is 14.8. The van der Waals surface area contributed by atoms with Gasteiger partial charge in [0.15, 0.2) is 0 Å². The Balaban J connectivity index is 1.97. The number of hydrogen-bond donors (Lipinski definition) is 4. The maximum absolute atomic E-state index is 14.6. The topological polar surface area (TPSA) is 140 Å². The molecule has 0 spiro atoms. The summed E-state index contributed by atoms with van der Waals surface area (Å²) >= 11 is 0. The molecule has 2 aromatic carbocycles. The molecule has 44 heavy (non-hydrogen) atoms. The average Bonchev–Trinajstić information content (AvgIpc) is 3.32. The van der Waals surface area contributed by atoms with Crippen molar-refractivity contribution in [1.29, 1.82) is 0 Å². The third-order valence-corrected chi connectivity index (χ3v) is 9.97. The van der Waals surface area contributed by atoms with E-state index in [9.17, 15) is 37.3 Å². The van der Waals surface area contributed by atoms with Crippen LogP contribution in [0.3, 0.4) is 0 Å². The van der Waals surface area contributed by atoms with Gasteiger partial charge in [0.2, 0.25) is 10.0 Å². The van der Waals surface area contributed by atoms with Crippen LogP contribution in [0.4, 0.5) is 8.78 Å². The van der Waals surface area contributed by atoms with Gasteiger partial charge < -0.3 is 25.0 Å². The molecule has 0 bridgehead atoms. The van der Waals surface area contributed by atoms with Crippen LogP contribution < -0.4 is 0 Å². The number of carbonyl (C=O) groups is 1. The minimum Gasteiger partial charge on any atom is -0.481 e. The molecule has 1 saturated heterocycles. The summed E-state index contributed by atoms with van der Waals surface area (Å²) < 4.78 is 60.6. The molecular formula is C32H40F2N2O7S. The molecule has 0 aliphatic carbocycles. The summed E-state index contributed by atoms with van der Waals surface area (Å²) in [6.07, 6.45) is -1.77. The second-order valence-electron chi connectivity index (χ2n) is 11.7. The number of benzene rings is 2. The number of aliphatic hydroxyl groups excluding tert-OH is 3. The number of carboxylic acid groups (broad SMARTS) is 1. The average molecular weight is 635 g/mol. The van der Waals surface area contributed by atoms with Gasteiger partial charge in [-0.15, -0.1) is 0 Å². The number of piperidine rings is 1. The van der Waals surface area contributed by atoms with Crippen molar-refractivity contribution < 1.29 is 42.4 Å². The fourth-order valence-electron chi connectivity index (χ4n) is 5.99. The number of hydrogen-bond acceptors (Lipinski definition) is 6. The number of rotatable bonds is 13. The van der Waals surface area contributed by atoms with Crippen LogP contribution in [-0.4, -0.2) is 75.6 Å². The molecular weight excluding hydrogens is 594 g/mol. The molecule has 1 aliphatic heterocycles. The third kappa shape index (κ3) is 7.55. The summed E-state index contributed by atoms with van der Waals surface area (Å²) in [6, 6.07) is 11.1. The quantitative estimate of drug-likeness (QED) is 0.216. The fraction of sp³-hybridized carbons (Fsp3) is 0.469. The number of halogens is 2. The van der Waals surface area contributed by atoms with Crippen LogP contribution in [0.2, 0.25) is 0 Å². The Hall–Kier alpha value is -3.16. The van der Waals surface area contributed by atoms with Crippen LogP contribution in [0.25, 0.3) is 22.4 Å². The predicted molar refractivity (Wildman–Crippen MR) is 161 cm³/mol. The van der Waals surface area contributed by atoms with Gasteiger partial charge in [-0.05, 0) is 85.0 Å². The molecule has 12 heteroatoms. The number of nitrogens with zero attached hydrogens (tertiary/aromatic N) is 2. The Morgan fingerprint density at radius 1 is 0.977 bits per heavy atom. The molecule has 1 aliphatic rings. The zero-order chi connectivity index (χ0) is 32.2. The van der Waals surface area contributed by atoms with Gasteiger partial charge >= 0.3 is 5.97 Å². The molecule has 1 fully saturated rings. The van der Waals surface area contributed by atoms with Crippen molar-refractivity contribution in [3.63, 3.8) is 0 Å². The second kappa shape index (κ2) is 14.3. The van der Waals surface area contributed by atoms with Gasteiger partial charge in [-0.3, -0.25) is 4.79 Å². The first-order chi connectivity index (χ1) is 20.8. The molecule has 3 atom stereocenters. The zero-order valence-electron chi connectivity index (χ0n) is 24.9. The van der Waals surface area contributed by atoms with Crippen molar-refractivity contribution in [3.05, 3.63) is 65.9 Å². The molecule has 0 saturated carbocycles. The molecule has 4 N–H and O–H groups in total. The summed E-state index contributed by atoms with van der Waals surface area (Å²) in [5, 5.41) is 39.7. The van der Waals surface area contributed by atoms with E-state index in [0.29, 0.717) is 40.9 Å². The van der Waals surface area contributed by atoms with Crippen molar-refractivity contribution in [1.82, 2.24) is 8.87 Å². The molecule has 3 unspecified atom stereocenters. The van der Waals surface area contributed by atoms with Crippen molar-refractivity contribution >= 4 is 16.0 Å². The monoisotopic (exact) mass is 634 g/mol. The molecule has 240 valence electrons. The van der Waals surface area contributed by atoms with E-state index in [1.165, 1.54) is 52.8 Å². The van der Waals surface area contributed by atoms with Crippen LogP contribution in [-0.2, 0) is 21.4 Å². The van der Waals surface area contributed by atoms with Gasteiger partial charge in [0, 0.05) is 37.5 Å². The summed E-state index contributed by atoms with van der Waals surface area (Å²) in [5.74, 6) is -2.77. The highest BCUT2D eigenvalue weighted by atomic mass is 32.2. The van der Waals surface area contributed by atoms with E-state index in [2.05, 4.69) is 0 Å². The van der Waals surface area contributed by atoms with E-state index in [1.54, 1.807) is 4.57 Å². The van der Waals surface area contributed by atoms with Gasteiger partial charge in [0.1, 0.15) is 16.5 Å². The minimum atomic E-state index is -4.19. The summed E-state index contributed by atoms with van der Waals surface area (Å²) in [7, 11) is -4.19. The van der Waals surface area contributed by atoms with Gasteiger partial charge in [0.25, 0.3) is 0 Å². The lowest BCUT2D eigenvalue weighted by Gasteiger charge is -2.31. The first-order valence-corrected chi connectivity index (χ1v) is 16.2.